The van der Waals surface area contributed by atoms with E-state index in [0.29, 0.717) is 37.1 Å². The number of carbonyl (C=O) groups is 1. The Morgan fingerprint density at radius 2 is 1.86 bits per heavy atom. The molecule has 0 saturated carbocycles. The van der Waals surface area contributed by atoms with E-state index in [9.17, 15) is 4.79 Å². The van der Waals surface area contributed by atoms with Crippen LogP contribution in [-0.2, 0) is 9.53 Å². The molecule has 2 heterocycles. The molecule has 198 valence electrons. The maximum absolute atomic E-state index is 11.7. The van der Waals surface area contributed by atoms with Crippen molar-refractivity contribution in [2.75, 3.05) is 64.9 Å². The van der Waals surface area contributed by atoms with Gasteiger partial charge >= 0.3 is 5.97 Å². The normalized spacial score (nSPS) is 14.5. The van der Waals surface area contributed by atoms with E-state index in [1.54, 1.807) is 13.4 Å². The quantitative estimate of drug-likeness (QED) is 0.249. The van der Waals surface area contributed by atoms with Crippen molar-refractivity contribution in [1.82, 2.24) is 19.8 Å². The Kier molecular flexibility index (Phi) is 9.92. The van der Waals surface area contributed by atoms with Crippen LogP contribution in [0.25, 0.3) is 10.9 Å². The molecular weight excluding hydrogens is 538 g/mol. The highest BCUT2D eigenvalue weighted by atomic mass is 79.9. The first-order valence-electron chi connectivity index (χ1n) is 12.6. The third-order valence-corrected chi connectivity index (χ3v) is 6.75. The number of benzene rings is 2. The van der Waals surface area contributed by atoms with Gasteiger partial charge in [-0.05, 0) is 50.6 Å². The smallest absolute Gasteiger partial charge is 0.320 e. The van der Waals surface area contributed by atoms with Crippen LogP contribution in [0.1, 0.15) is 19.8 Å². The Morgan fingerprint density at radius 1 is 1.05 bits per heavy atom. The van der Waals surface area contributed by atoms with E-state index >= 15 is 0 Å². The van der Waals surface area contributed by atoms with E-state index in [1.807, 2.05) is 43.3 Å². The Labute approximate surface area is 226 Å². The fourth-order valence-electron chi connectivity index (χ4n) is 4.32. The summed E-state index contributed by atoms with van der Waals surface area (Å²) in [7, 11) is 1.64. The molecule has 3 aromatic rings. The Balaban J connectivity index is 1.29. The van der Waals surface area contributed by atoms with Gasteiger partial charge < -0.3 is 24.4 Å². The van der Waals surface area contributed by atoms with Gasteiger partial charge in [-0.15, -0.1) is 0 Å². The number of nitrogens with zero attached hydrogens (tertiary/aromatic N) is 4. The molecule has 1 saturated heterocycles. The molecule has 10 heteroatoms. The average molecular weight is 573 g/mol. The van der Waals surface area contributed by atoms with Crippen LogP contribution in [0, 0.1) is 0 Å². The fraction of sp³-hybridized carbons (Fsp3) is 0.444. The van der Waals surface area contributed by atoms with Gasteiger partial charge in [0.05, 0.1) is 32.4 Å². The molecule has 2 aromatic carbocycles. The predicted molar refractivity (Wildman–Crippen MR) is 148 cm³/mol. The number of nitrogens with one attached hydrogen (secondary N) is 1. The average Bonchev–Trinajstić information content (AvgIpc) is 2.89. The number of rotatable bonds is 12. The zero-order valence-electron chi connectivity index (χ0n) is 21.4. The summed E-state index contributed by atoms with van der Waals surface area (Å²) in [6.07, 6.45) is 3.50. The minimum atomic E-state index is -0.139. The topological polar surface area (TPSA) is 89.1 Å². The molecule has 0 aliphatic carbocycles. The summed E-state index contributed by atoms with van der Waals surface area (Å²) >= 11 is 3.51. The lowest BCUT2D eigenvalue weighted by molar-refractivity contribution is -0.144. The lowest BCUT2D eigenvalue weighted by Crippen LogP contribution is -2.48. The van der Waals surface area contributed by atoms with E-state index in [2.05, 4.69) is 41.0 Å². The minimum Gasteiger partial charge on any atom is -0.493 e. The van der Waals surface area contributed by atoms with Crippen LogP contribution in [0.5, 0.6) is 11.5 Å². The van der Waals surface area contributed by atoms with Gasteiger partial charge in [-0.1, -0.05) is 22.0 Å². The second kappa shape index (κ2) is 13.6. The van der Waals surface area contributed by atoms with Crippen LogP contribution < -0.4 is 14.8 Å². The molecule has 0 spiro atoms. The van der Waals surface area contributed by atoms with Crippen molar-refractivity contribution in [3.63, 3.8) is 0 Å². The number of hydrogen-bond donors (Lipinski definition) is 1. The molecule has 4 rings (SSSR count). The highest BCUT2D eigenvalue weighted by Gasteiger charge is 2.19. The van der Waals surface area contributed by atoms with Gasteiger partial charge in [-0.25, -0.2) is 9.97 Å². The zero-order valence-corrected chi connectivity index (χ0v) is 23.0. The molecule has 1 fully saturated rings. The lowest BCUT2D eigenvalue weighted by Gasteiger charge is -2.34. The number of methoxy groups -OCH3 is 1. The van der Waals surface area contributed by atoms with Gasteiger partial charge in [0.15, 0.2) is 11.5 Å². The Hall–Kier alpha value is -2.95. The summed E-state index contributed by atoms with van der Waals surface area (Å²) in [5.41, 5.74) is 1.70. The number of anilines is 2. The van der Waals surface area contributed by atoms with Gasteiger partial charge in [0.2, 0.25) is 0 Å². The Bertz CT molecular complexity index is 1190. The standard InChI is InChI=1S/C27H34BrN5O4/c1-3-36-26(34)18-33-12-10-32(11-13-33)9-4-5-14-37-25-16-22-23(17-24(25)35-2)29-19-30-27(22)31-21-8-6-7-20(28)15-21/h6-8,15-17,19H,3-5,9-14,18H2,1-2H3,(H,29,30,31). The van der Waals surface area contributed by atoms with Gasteiger partial charge in [0, 0.05) is 47.8 Å². The number of piperazine rings is 1. The number of unbranched alkanes of at least 4 members (excludes halogenated alkanes) is 1. The number of ether oxygens (including phenoxy) is 3. The maximum Gasteiger partial charge on any atom is 0.320 e. The number of aromatic nitrogens is 2. The van der Waals surface area contributed by atoms with Crippen molar-refractivity contribution in [3.05, 3.63) is 47.2 Å². The van der Waals surface area contributed by atoms with Gasteiger partial charge in [0.25, 0.3) is 0 Å². The molecule has 1 aliphatic heterocycles. The summed E-state index contributed by atoms with van der Waals surface area (Å²) < 4.78 is 17.7. The molecule has 1 N–H and O–H groups in total. The van der Waals surface area contributed by atoms with Crippen LogP contribution in [0.15, 0.2) is 47.2 Å². The first-order chi connectivity index (χ1) is 18.1. The second-order valence-corrected chi connectivity index (χ2v) is 9.77. The highest BCUT2D eigenvalue weighted by Crippen LogP contribution is 2.35. The van der Waals surface area contributed by atoms with Crippen molar-refractivity contribution in [2.45, 2.75) is 19.8 Å². The molecule has 0 amide bonds. The number of esters is 1. The van der Waals surface area contributed by atoms with Crippen LogP contribution >= 0.6 is 15.9 Å². The molecule has 0 bridgehead atoms. The van der Waals surface area contributed by atoms with Gasteiger partial charge in [-0.2, -0.15) is 0 Å². The van der Waals surface area contributed by atoms with Crippen LogP contribution in [-0.4, -0.2) is 85.3 Å². The predicted octanol–water partition coefficient (Wildman–Crippen LogP) is 4.48. The van der Waals surface area contributed by atoms with Crippen molar-refractivity contribution in [3.8, 4) is 11.5 Å². The summed E-state index contributed by atoms with van der Waals surface area (Å²) in [4.78, 5) is 25.1. The molecule has 1 aromatic heterocycles. The Morgan fingerprint density at radius 3 is 2.62 bits per heavy atom. The number of halogens is 1. The van der Waals surface area contributed by atoms with Crippen molar-refractivity contribution < 1.29 is 19.0 Å². The number of hydrogen-bond acceptors (Lipinski definition) is 9. The van der Waals surface area contributed by atoms with Crippen LogP contribution in [0.3, 0.4) is 0 Å². The third kappa shape index (κ3) is 7.77. The SMILES string of the molecule is CCOC(=O)CN1CCN(CCCCOc2cc3c(Nc4cccc(Br)c4)ncnc3cc2OC)CC1. The van der Waals surface area contributed by atoms with E-state index < -0.39 is 0 Å². The third-order valence-electron chi connectivity index (χ3n) is 6.26. The summed E-state index contributed by atoms with van der Waals surface area (Å²) in [5.74, 6) is 1.89. The monoisotopic (exact) mass is 571 g/mol. The number of fused-ring (bicyclic) bond motifs is 1. The van der Waals surface area contributed by atoms with Gasteiger partial charge in [-0.3, -0.25) is 9.69 Å². The van der Waals surface area contributed by atoms with Crippen LogP contribution in [0.2, 0.25) is 0 Å². The fourth-order valence-corrected chi connectivity index (χ4v) is 4.72. The maximum atomic E-state index is 11.7. The van der Waals surface area contributed by atoms with Crippen LogP contribution in [0.4, 0.5) is 11.5 Å². The largest absolute Gasteiger partial charge is 0.493 e. The van der Waals surface area contributed by atoms with E-state index in [-0.39, 0.29) is 5.97 Å². The second-order valence-electron chi connectivity index (χ2n) is 8.86. The highest BCUT2D eigenvalue weighted by molar-refractivity contribution is 9.10. The number of carbonyl (C=O) groups excluding carboxylic acids is 1. The van der Waals surface area contributed by atoms with E-state index in [1.165, 1.54) is 0 Å². The van der Waals surface area contributed by atoms with E-state index in [0.717, 1.165) is 66.6 Å². The molecular formula is C27H34BrN5O4. The van der Waals surface area contributed by atoms with Crippen molar-refractivity contribution >= 4 is 44.3 Å². The lowest BCUT2D eigenvalue weighted by atomic mass is 10.2. The van der Waals surface area contributed by atoms with Gasteiger partial charge in [0.1, 0.15) is 12.1 Å². The molecule has 37 heavy (non-hydrogen) atoms. The van der Waals surface area contributed by atoms with E-state index in [4.69, 9.17) is 14.2 Å². The first kappa shape index (κ1) is 27.1. The zero-order chi connectivity index (χ0) is 26.0. The molecule has 9 nitrogen and oxygen atoms in total. The summed E-state index contributed by atoms with van der Waals surface area (Å²) in [5, 5.41) is 4.23. The molecule has 0 radical (unpaired) electrons. The summed E-state index contributed by atoms with van der Waals surface area (Å²) in [6, 6.07) is 11.8. The van der Waals surface area contributed by atoms with Crippen molar-refractivity contribution in [1.29, 1.82) is 0 Å². The summed E-state index contributed by atoms with van der Waals surface area (Å²) in [6.45, 7) is 7.97. The minimum absolute atomic E-state index is 0.139. The molecule has 0 atom stereocenters. The molecule has 1 aliphatic rings. The first-order valence-corrected chi connectivity index (χ1v) is 13.4. The molecule has 0 unspecified atom stereocenters. The van der Waals surface area contributed by atoms with Crippen molar-refractivity contribution in [2.24, 2.45) is 0 Å².